The van der Waals surface area contributed by atoms with Gasteiger partial charge in [-0.25, -0.2) is 4.98 Å². The Morgan fingerprint density at radius 2 is 1.41 bits per heavy atom. The van der Waals surface area contributed by atoms with Gasteiger partial charge >= 0.3 is 0 Å². The molecule has 3 aromatic carbocycles. The largest absolute Gasteiger partial charge is 0.346 e. The summed E-state index contributed by atoms with van der Waals surface area (Å²) in [6, 6.07) is 29.0. The van der Waals surface area contributed by atoms with Crippen LogP contribution in [0.5, 0.6) is 0 Å². The zero-order valence-corrected chi connectivity index (χ0v) is 16.8. The smallest absolute Gasteiger partial charge is 0.106 e. The predicted octanol–water partition coefficient (Wildman–Crippen LogP) is 5.75. The van der Waals surface area contributed by atoms with Gasteiger partial charge in [-0.1, -0.05) is 66.7 Å². The fourth-order valence-electron chi connectivity index (χ4n) is 3.30. The van der Waals surface area contributed by atoms with E-state index in [0.29, 0.717) is 5.56 Å². The lowest BCUT2D eigenvalue weighted by atomic mass is 10.0. The molecule has 3 nitrogen and oxygen atoms in total. The van der Waals surface area contributed by atoms with E-state index in [1.807, 2.05) is 36.5 Å². The first-order chi connectivity index (χ1) is 13.8. The summed E-state index contributed by atoms with van der Waals surface area (Å²) in [5.41, 5.74) is 6.75. The molecule has 0 aliphatic rings. The first kappa shape index (κ1) is 20.4. The standard InChI is InChI=1S/C25H21N3.ClH/c26-17-21-8-6-20(7-9-21)16-24-18-27-25(28-24)15-12-19-10-13-23(14-11-19)22-4-2-1-3-5-22;/h1-11,13-14,18H,12,15-16H2,(H,27,28);1H. The molecule has 144 valence electrons. The maximum absolute atomic E-state index is 8.88. The second-order valence-corrected chi connectivity index (χ2v) is 6.90. The van der Waals surface area contributed by atoms with Crippen molar-refractivity contribution in [2.45, 2.75) is 19.3 Å². The van der Waals surface area contributed by atoms with E-state index < -0.39 is 0 Å². The first-order valence-corrected chi connectivity index (χ1v) is 9.46. The predicted molar refractivity (Wildman–Crippen MR) is 119 cm³/mol. The molecule has 0 saturated heterocycles. The van der Waals surface area contributed by atoms with Gasteiger partial charge in [-0.05, 0) is 40.8 Å². The van der Waals surface area contributed by atoms with Crippen LogP contribution in [0.3, 0.4) is 0 Å². The number of H-pyrrole nitrogens is 1. The molecular weight excluding hydrogens is 378 g/mol. The minimum absolute atomic E-state index is 0. The number of halogens is 1. The van der Waals surface area contributed by atoms with Crippen LogP contribution in [0.25, 0.3) is 11.1 Å². The maximum Gasteiger partial charge on any atom is 0.106 e. The van der Waals surface area contributed by atoms with Crippen molar-refractivity contribution in [3.8, 4) is 17.2 Å². The van der Waals surface area contributed by atoms with Crippen molar-refractivity contribution in [1.29, 1.82) is 5.26 Å². The fraction of sp³-hybridized carbons (Fsp3) is 0.120. The summed E-state index contributed by atoms with van der Waals surface area (Å²) in [7, 11) is 0. The molecule has 0 saturated carbocycles. The highest BCUT2D eigenvalue weighted by molar-refractivity contribution is 5.85. The summed E-state index contributed by atoms with van der Waals surface area (Å²) in [6.45, 7) is 0. The number of aryl methyl sites for hydroxylation is 2. The summed E-state index contributed by atoms with van der Waals surface area (Å²) in [5, 5.41) is 8.88. The van der Waals surface area contributed by atoms with Crippen molar-refractivity contribution in [3.63, 3.8) is 0 Å². The summed E-state index contributed by atoms with van der Waals surface area (Å²) in [6.07, 6.45) is 4.55. The third-order valence-electron chi connectivity index (χ3n) is 4.87. The number of hydrogen-bond donors (Lipinski definition) is 1. The van der Waals surface area contributed by atoms with Crippen LogP contribution < -0.4 is 0 Å². The quantitative estimate of drug-likeness (QED) is 0.449. The van der Waals surface area contributed by atoms with Crippen LogP contribution in [-0.4, -0.2) is 9.97 Å². The molecule has 0 fully saturated rings. The van der Waals surface area contributed by atoms with Crippen molar-refractivity contribution < 1.29 is 0 Å². The van der Waals surface area contributed by atoms with Crippen molar-refractivity contribution in [2.75, 3.05) is 0 Å². The zero-order valence-electron chi connectivity index (χ0n) is 16.0. The molecule has 0 amide bonds. The van der Waals surface area contributed by atoms with Gasteiger partial charge in [0.2, 0.25) is 0 Å². The summed E-state index contributed by atoms with van der Waals surface area (Å²) in [4.78, 5) is 7.94. The number of nitrogens with one attached hydrogen (secondary N) is 1. The highest BCUT2D eigenvalue weighted by atomic mass is 35.5. The van der Waals surface area contributed by atoms with Crippen molar-refractivity contribution in [1.82, 2.24) is 9.97 Å². The van der Waals surface area contributed by atoms with E-state index >= 15 is 0 Å². The molecule has 4 aromatic rings. The van der Waals surface area contributed by atoms with E-state index in [-0.39, 0.29) is 12.4 Å². The number of imidazole rings is 1. The number of nitriles is 1. The molecule has 1 aromatic heterocycles. The second kappa shape index (κ2) is 9.73. The lowest BCUT2D eigenvalue weighted by molar-refractivity contribution is 0.877. The molecule has 0 aliphatic heterocycles. The Kier molecular flexibility index (Phi) is 6.84. The molecule has 0 radical (unpaired) electrons. The summed E-state index contributed by atoms with van der Waals surface area (Å²) < 4.78 is 0. The Hall–Kier alpha value is -3.35. The van der Waals surface area contributed by atoms with E-state index in [1.54, 1.807) is 0 Å². The molecule has 0 aliphatic carbocycles. The topological polar surface area (TPSA) is 52.5 Å². The van der Waals surface area contributed by atoms with Crippen LogP contribution >= 0.6 is 12.4 Å². The molecule has 0 bridgehead atoms. The van der Waals surface area contributed by atoms with Crippen LogP contribution in [0, 0.1) is 11.3 Å². The van der Waals surface area contributed by atoms with Gasteiger partial charge in [0.05, 0.1) is 11.6 Å². The normalized spacial score (nSPS) is 10.2. The number of nitrogens with zero attached hydrogens (tertiary/aromatic N) is 2. The minimum atomic E-state index is 0. The number of benzene rings is 3. The van der Waals surface area contributed by atoms with Gasteiger partial charge < -0.3 is 4.98 Å². The van der Waals surface area contributed by atoms with E-state index in [1.165, 1.54) is 22.3 Å². The van der Waals surface area contributed by atoms with Crippen molar-refractivity contribution >= 4 is 12.4 Å². The second-order valence-electron chi connectivity index (χ2n) is 6.90. The Morgan fingerprint density at radius 1 is 0.759 bits per heavy atom. The molecule has 4 heteroatoms. The van der Waals surface area contributed by atoms with Crippen molar-refractivity contribution in [3.05, 3.63) is 113 Å². The maximum atomic E-state index is 8.88. The van der Waals surface area contributed by atoms with Gasteiger partial charge in [-0.15, -0.1) is 12.4 Å². The monoisotopic (exact) mass is 399 g/mol. The van der Waals surface area contributed by atoms with Gasteiger partial charge in [0.25, 0.3) is 0 Å². The zero-order chi connectivity index (χ0) is 19.2. The fourth-order valence-corrected chi connectivity index (χ4v) is 3.30. The first-order valence-electron chi connectivity index (χ1n) is 9.46. The molecule has 29 heavy (non-hydrogen) atoms. The highest BCUT2D eigenvalue weighted by Crippen LogP contribution is 2.20. The molecule has 0 atom stereocenters. The van der Waals surface area contributed by atoms with E-state index in [4.69, 9.17) is 5.26 Å². The molecule has 1 heterocycles. The highest BCUT2D eigenvalue weighted by Gasteiger charge is 2.04. The molecule has 0 spiro atoms. The Balaban J connectivity index is 0.00000240. The van der Waals surface area contributed by atoms with E-state index in [9.17, 15) is 0 Å². The average molecular weight is 400 g/mol. The van der Waals surface area contributed by atoms with Crippen LogP contribution in [0.4, 0.5) is 0 Å². The number of aromatic nitrogens is 2. The van der Waals surface area contributed by atoms with Crippen molar-refractivity contribution in [2.24, 2.45) is 0 Å². The third kappa shape index (κ3) is 5.34. The van der Waals surface area contributed by atoms with E-state index in [0.717, 1.165) is 30.8 Å². The molecule has 0 unspecified atom stereocenters. The Bertz CT molecular complexity index is 1080. The average Bonchev–Trinajstić information content (AvgIpc) is 3.21. The van der Waals surface area contributed by atoms with Crippen LogP contribution in [0.2, 0.25) is 0 Å². The van der Waals surface area contributed by atoms with Gasteiger partial charge in [-0.3, -0.25) is 0 Å². The Morgan fingerprint density at radius 3 is 2.10 bits per heavy atom. The SMILES string of the molecule is Cl.N#Cc1ccc(Cc2cnc(CCc3ccc(-c4ccccc4)cc3)[nH]2)cc1. The van der Waals surface area contributed by atoms with Crippen LogP contribution in [0.1, 0.15) is 28.2 Å². The van der Waals surface area contributed by atoms with Gasteiger partial charge in [0, 0.05) is 24.7 Å². The minimum Gasteiger partial charge on any atom is -0.346 e. The van der Waals surface area contributed by atoms with Crippen LogP contribution in [0.15, 0.2) is 85.1 Å². The summed E-state index contributed by atoms with van der Waals surface area (Å²) in [5.74, 6) is 1.01. The van der Waals surface area contributed by atoms with E-state index in [2.05, 4.69) is 64.6 Å². The summed E-state index contributed by atoms with van der Waals surface area (Å²) >= 11 is 0. The number of hydrogen-bond acceptors (Lipinski definition) is 2. The van der Waals surface area contributed by atoms with Gasteiger partial charge in [0.15, 0.2) is 0 Å². The number of aromatic amines is 1. The lowest BCUT2D eigenvalue weighted by Gasteiger charge is -2.04. The Labute approximate surface area is 177 Å². The molecule has 1 N–H and O–H groups in total. The lowest BCUT2D eigenvalue weighted by Crippen LogP contribution is -1.95. The van der Waals surface area contributed by atoms with Crippen LogP contribution in [-0.2, 0) is 19.3 Å². The molecule has 4 rings (SSSR count). The number of rotatable bonds is 6. The molecular formula is C25H22ClN3. The van der Waals surface area contributed by atoms with Gasteiger partial charge in [-0.2, -0.15) is 5.26 Å². The van der Waals surface area contributed by atoms with Gasteiger partial charge in [0.1, 0.15) is 5.82 Å². The third-order valence-corrected chi connectivity index (χ3v) is 4.87.